The molecular weight excluding hydrogens is 357 g/mol. The second-order valence-electron chi connectivity index (χ2n) is 5.31. The van der Waals surface area contributed by atoms with Crippen molar-refractivity contribution in [2.75, 3.05) is 23.3 Å². The van der Waals surface area contributed by atoms with Gasteiger partial charge in [-0.15, -0.1) is 0 Å². The lowest BCUT2D eigenvalue weighted by molar-refractivity contribution is -0.143. The van der Waals surface area contributed by atoms with Crippen molar-refractivity contribution in [2.45, 2.75) is 20.0 Å². The lowest BCUT2D eigenvalue weighted by Gasteiger charge is -2.21. The summed E-state index contributed by atoms with van der Waals surface area (Å²) in [4.78, 5) is 14.3. The van der Waals surface area contributed by atoms with Crippen molar-refractivity contribution in [3.05, 3.63) is 40.7 Å². The van der Waals surface area contributed by atoms with Gasteiger partial charge in [0, 0.05) is 31.5 Å². The number of hydrogen-bond donors (Lipinski definition) is 1. The molecule has 0 aliphatic rings. The Morgan fingerprint density at radius 3 is 2.24 bits per heavy atom. The molecular formula is C16H18ClF3N4O. The van der Waals surface area contributed by atoms with Crippen LogP contribution in [-0.4, -0.2) is 28.8 Å². The normalized spacial score (nSPS) is 11.5. The largest absolute Gasteiger partial charge is 0.434 e. The van der Waals surface area contributed by atoms with E-state index < -0.39 is 28.5 Å². The standard InChI is InChI=1S/C16H18ClF3N4O/c1-4-24(5-2)11-8-6-10(7-9-11)21-15(25)13-12(17)14(16(18,19)20)23(3)22-13/h6-9H,4-5H2,1-3H3,(H,21,25). The molecule has 1 aromatic carbocycles. The minimum absolute atomic E-state index is 0.441. The van der Waals surface area contributed by atoms with Gasteiger partial charge in [0.25, 0.3) is 5.91 Å². The van der Waals surface area contributed by atoms with Gasteiger partial charge in [0.05, 0.1) is 0 Å². The fourth-order valence-corrected chi connectivity index (χ4v) is 2.84. The molecule has 2 aromatic rings. The number of hydrogen-bond acceptors (Lipinski definition) is 3. The van der Waals surface area contributed by atoms with Gasteiger partial charge in [-0.2, -0.15) is 18.3 Å². The molecule has 2 rings (SSSR count). The highest BCUT2D eigenvalue weighted by atomic mass is 35.5. The molecule has 0 bridgehead atoms. The number of rotatable bonds is 5. The third kappa shape index (κ3) is 4.07. The number of benzene rings is 1. The predicted molar refractivity (Wildman–Crippen MR) is 91.2 cm³/mol. The maximum atomic E-state index is 12.9. The highest BCUT2D eigenvalue weighted by Crippen LogP contribution is 2.36. The van der Waals surface area contributed by atoms with Gasteiger partial charge in [-0.25, -0.2) is 0 Å². The van der Waals surface area contributed by atoms with E-state index >= 15 is 0 Å². The minimum atomic E-state index is -4.69. The van der Waals surface area contributed by atoms with Crippen molar-refractivity contribution in [2.24, 2.45) is 7.05 Å². The van der Waals surface area contributed by atoms with E-state index in [-0.39, 0.29) is 0 Å². The topological polar surface area (TPSA) is 50.2 Å². The van der Waals surface area contributed by atoms with Crippen LogP contribution in [0.4, 0.5) is 24.5 Å². The van der Waals surface area contributed by atoms with Crippen molar-refractivity contribution < 1.29 is 18.0 Å². The fraction of sp³-hybridized carbons (Fsp3) is 0.375. The maximum absolute atomic E-state index is 12.9. The van der Waals surface area contributed by atoms with Crippen molar-refractivity contribution in [1.29, 1.82) is 0 Å². The molecule has 1 N–H and O–H groups in total. The van der Waals surface area contributed by atoms with E-state index in [2.05, 4.69) is 15.3 Å². The second-order valence-corrected chi connectivity index (χ2v) is 5.68. The van der Waals surface area contributed by atoms with Crippen LogP contribution in [0.15, 0.2) is 24.3 Å². The minimum Gasteiger partial charge on any atom is -0.372 e. The van der Waals surface area contributed by atoms with Gasteiger partial charge in [0.15, 0.2) is 11.4 Å². The first-order valence-corrected chi connectivity index (χ1v) is 8.02. The van der Waals surface area contributed by atoms with Crippen molar-refractivity contribution in [1.82, 2.24) is 9.78 Å². The Kier molecular flexibility index (Phi) is 5.62. The predicted octanol–water partition coefficient (Wildman–Crippen LogP) is 4.19. The first-order chi connectivity index (χ1) is 11.7. The molecule has 0 atom stereocenters. The van der Waals surface area contributed by atoms with Gasteiger partial charge < -0.3 is 10.2 Å². The highest BCUT2D eigenvalue weighted by molar-refractivity contribution is 6.34. The first kappa shape index (κ1) is 19.1. The van der Waals surface area contributed by atoms with Gasteiger partial charge in [0.2, 0.25) is 0 Å². The van der Waals surface area contributed by atoms with E-state index in [9.17, 15) is 18.0 Å². The molecule has 136 valence electrons. The van der Waals surface area contributed by atoms with Crippen LogP contribution in [0.1, 0.15) is 30.0 Å². The smallest absolute Gasteiger partial charge is 0.372 e. The third-order valence-corrected chi connectivity index (χ3v) is 4.08. The van der Waals surface area contributed by atoms with Crippen molar-refractivity contribution in [3.8, 4) is 0 Å². The first-order valence-electron chi connectivity index (χ1n) is 7.65. The maximum Gasteiger partial charge on any atom is 0.434 e. The molecule has 5 nitrogen and oxygen atoms in total. The van der Waals surface area contributed by atoms with Crippen LogP contribution in [-0.2, 0) is 13.2 Å². The highest BCUT2D eigenvalue weighted by Gasteiger charge is 2.39. The molecule has 0 unspecified atom stereocenters. The summed E-state index contributed by atoms with van der Waals surface area (Å²) >= 11 is 5.71. The Hall–Kier alpha value is -2.22. The number of nitrogens with zero attached hydrogens (tertiary/aromatic N) is 3. The molecule has 0 saturated heterocycles. The summed E-state index contributed by atoms with van der Waals surface area (Å²) in [7, 11) is 1.09. The van der Waals surface area contributed by atoms with E-state index in [0.29, 0.717) is 10.4 Å². The molecule has 0 spiro atoms. The zero-order chi connectivity index (χ0) is 18.8. The van der Waals surface area contributed by atoms with Gasteiger partial charge in [-0.05, 0) is 38.1 Å². The van der Waals surface area contributed by atoms with Crippen LogP contribution < -0.4 is 10.2 Å². The van der Waals surface area contributed by atoms with Crippen molar-refractivity contribution >= 4 is 28.9 Å². The van der Waals surface area contributed by atoms with Crippen LogP contribution in [0, 0.1) is 0 Å². The lowest BCUT2D eigenvalue weighted by atomic mass is 10.2. The van der Waals surface area contributed by atoms with Crippen LogP contribution >= 0.6 is 11.6 Å². The Bertz CT molecular complexity index is 752. The van der Waals surface area contributed by atoms with E-state index in [1.54, 1.807) is 12.1 Å². The van der Waals surface area contributed by atoms with Gasteiger partial charge in [-0.3, -0.25) is 9.48 Å². The number of carbonyl (C=O) groups is 1. The summed E-state index contributed by atoms with van der Waals surface area (Å²) < 4.78 is 39.3. The summed E-state index contributed by atoms with van der Waals surface area (Å²) in [6.45, 7) is 5.74. The van der Waals surface area contributed by atoms with E-state index in [4.69, 9.17) is 11.6 Å². The average Bonchev–Trinajstić information content (AvgIpc) is 2.85. The summed E-state index contributed by atoms with van der Waals surface area (Å²) in [6, 6.07) is 6.99. The number of aryl methyl sites for hydroxylation is 1. The molecule has 1 heterocycles. The van der Waals surface area contributed by atoms with E-state index in [1.807, 2.05) is 26.0 Å². The monoisotopic (exact) mass is 374 g/mol. The Morgan fingerprint density at radius 2 is 1.80 bits per heavy atom. The van der Waals surface area contributed by atoms with Crippen molar-refractivity contribution in [3.63, 3.8) is 0 Å². The van der Waals surface area contributed by atoms with Gasteiger partial charge in [0.1, 0.15) is 5.02 Å². The summed E-state index contributed by atoms with van der Waals surface area (Å²) in [5.41, 5.74) is -0.199. The third-order valence-electron chi connectivity index (χ3n) is 3.73. The Morgan fingerprint density at radius 1 is 1.24 bits per heavy atom. The number of alkyl halides is 3. The quantitative estimate of drug-likeness (QED) is 0.853. The van der Waals surface area contributed by atoms with Gasteiger partial charge in [-0.1, -0.05) is 11.6 Å². The van der Waals surface area contributed by atoms with Gasteiger partial charge >= 0.3 is 6.18 Å². The summed E-state index contributed by atoms with van der Waals surface area (Å²) in [5.74, 6) is -0.799. The molecule has 25 heavy (non-hydrogen) atoms. The Balaban J connectivity index is 2.21. The summed E-state index contributed by atoms with van der Waals surface area (Å²) in [5, 5.41) is 5.38. The van der Waals surface area contributed by atoms with E-state index in [0.717, 1.165) is 25.8 Å². The molecule has 0 aliphatic heterocycles. The number of halogens is 4. The molecule has 1 aromatic heterocycles. The van der Waals surface area contributed by atoms with Crippen LogP contribution in [0.25, 0.3) is 0 Å². The number of aromatic nitrogens is 2. The Labute approximate surface area is 148 Å². The SMILES string of the molecule is CCN(CC)c1ccc(NC(=O)c2nn(C)c(C(F)(F)F)c2Cl)cc1. The molecule has 0 radical (unpaired) electrons. The summed E-state index contributed by atoms with van der Waals surface area (Å²) in [6.07, 6.45) is -4.69. The zero-order valence-corrected chi connectivity index (χ0v) is 14.7. The molecule has 0 saturated carbocycles. The number of nitrogens with one attached hydrogen (secondary N) is 1. The molecule has 0 aliphatic carbocycles. The van der Waals surface area contributed by atoms with Crippen LogP contribution in [0.2, 0.25) is 5.02 Å². The zero-order valence-electron chi connectivity index (χ0n) is 14.0. The molecule has 1 amide bonds. The molecule has 9 heteroatoms. The number of anilines is 2. The molecule has 0 fully saturated rings. The number of amides is 1. The van der Waals surface area contributed by atoms with E-state index in [1.165, 1.54) is 0 Å². The fourth-order valence-electron chi connectivity index (χ4n) is 2.49. The lowest BCUT2D eigenvalue weighted by Crippen LogP contribution is -2.21. The average molecular weight is 375 g/mol. The number of carbonyl (C=O) groups excluding carboxylic acids is 1. The van der Waals surface area contributed by atoms with Crippen LogP contribution in [0.3, 0.4) is 0 Å². The van der Waals surface area contributed by atoms with Crippen LogP contribution in [0.5, 0.6) is 0 Å². The second kappa shape index (κ2) is 7.35.